The van der Waals surface area contributed by atoms with Crippen molar-refractivity contribution >= 4 is 44.4 Å². The number of alkyl halides is 2. The van der Waals surface area contributed by atoms with Gasteiger partial charge < -0.3 is 4.74 Å². The lowest BCUT2D eigenvalue weighted by Crippen LogP contribution is -2.07. The highest BCUT2D eigenvalue weighted by Crippen LogP contribution is 2.31. The number of halogens is 3. The summed E-state index contributed by atoms with van der Waals surface area (Å²) in [7, 11) is 0. The fourth-order valence-corrected chi connectivity index (χ4v) is 4.28. The van der Waals surface area contributed by atoms with E-state index in [2.05, 4.69) is 43.1 Å². The molecule has 1 aromatic heterocycles. The van der Waals surface area contributed by atoms with Crippen LogP contribution in [0.3, 0.4) is 0 Å². The number of ether oxygens (including phenoxy) is 1. The van der Waals surface area contributed by atoms with E-state index in [0.29, 0.717) is 15.2 Å². The Bertz CT molecular complexity index is 1090. The molecule has 0 bridgehead atoms. The summed E-state index contributed by atoms with van der Waals surface area (Å²) in [6.07, 6.45) is 2.67. The van der Waals surface area contributed by atoms with Gasteiger partial charge in [0.2, 0.25) is 5.91 Å². The number of rotatable bonds is 6. The number of nitrogens with one attached hydrogen (secondary N) is 1. The normalized spacial score (nSPS) is 11.3. The molecular formula is C22H19BrF2N2O2S. The summed E-state index contributed by atoms with van der Waals surface area (Å²) in [5.74, 6) is -0.435. The number of thiazole rings is 1. The third-order valence-corrected chi connectivity index (χ3v) is 5.52. The number of anilines is 1. The zero-order valence-corrected chi connectivity index (χ0v) is 18.9. The average molecular weight is 493 g/mol. The maximum atomic E-state index is 12.6. The van der Waals surface area contributed by atoms with Gasteiger partial charge in [0.05, 0.1) is 5.69 Å². The summed E-state index contributed by atoms with van der Waals surface area (Å²) < 4.78 is 30.3. The van der Waals surface area contributed by atoms with Crippen molar-refractivity contribution in [3.8, 4) is 17.0 Å². The number of aromatic nitrogens is 1. The monoisotopic (exact) mass is 492 g/mol. The van der Waals surface area contributed by atoms with Gasteiger partial charge in [-0.1, -0.05) is 33.6 Å². The first-order chi connectivity index (χ1) is 14.2. The quantitative estimate of drug-likeness (QED) is 0.387. The summed E-state index contributed by atoms with van der Waals surface area (Å²) in [6.45, 7) is 3.17. The number of carbonyl (C=O) groups excluding carboxylic acids is 1. The van der Waals surface area contributed by atoms with Crippen molar-refractivity contribution in [3.63, 3.8) is 0 Å². The van der Waals surface area contributed by atoms with E-state index in [-0.39, 0.29) is 5.75 Å². The molecule has 0 saturated carbocycles. The summed E-state index contributed by atoms with van der Waals surface area (Å²) in [4.78, 5) is 16.8. The minimum Gasteiger partial charge on any atom is -0.434 e. The van der Waals surface area contributed by atoms with Crippen LogP contribution >= 0.6 is 27.3 Å². The predicted molar refractivity (Wildman–Crippen MR) is 120 cm³/mol. The van der Waals surface area contributed by atoms with Crippen molar-refractivity contribution in [1.82, 2.24) is 4.98 Å². The van der Waals surface area contributed by atoms with Crippen LogP contribution in [0.15, 0.2) is 46.3 Å². The van der Waals surface area contributed by atoms with Crippen molar-refractivity contribution in [1.29, 1.82) is 0 Å². The SMILES string of the molecule is Cc1cc(C)c(-c2csc(NC(=O)/C=C/c3cc(Br)ccc3OC(F)F)n2)c(C)c1. The fraction of sp³-hybridized carbons (Fsp3) is 0.182. The molecule has 0 spiro atoms. The van der Waals surface area contributed by atoms with Gasteiger partial charge in [0.1, 0.15) is 5.75 Å². The lowest BCUT2D eigenvalue weighted by atomic mass is 9.98. The van der Waals surface area contributed by atoms with Gasteiger partial charge in [-0.05, 0) is 56.2 Å². The van der Waals surface area contributed by atoms with Crippen molar-refractivity contribution in [3.05, 3.63) is 68.5 Å². The Kier molecular flexibility index (Phi) is 6.99. The van der Waals surface area contributed by atoms with E-state index in [1.165, 1.54) is 35.1 Å². The van der Waals surface area contributed by atoms with Crippen LogP contribution in [-0.2, 0) is 4.79 Å². The van der Waals surface area contributed by atoms with Gasteiger partial charge in [-0.3, -0.25) is 10.1 Å². The molecule has 0 aliphatic heterocycles. The molecular weight excluding hydrogens is 474 g/mol. The van der Waals surface area contributed by atoms with Crippen molar-refractivity contribution in [2.24, 2.45) is 0 Å². The lowest BCUT2D eigenvalue weighted by Gasteiger charge is -2.08. The molecule has 3 rings (SSSR count). The van der Waals surface area contributed by atoms with E-state index in [1.54, 1.807) is 12.1 Å². The number of benzene rings is 2. The summed E-state index contributed by atoms with van der Waals surface area (Å²) in [5, 5.41) is 5.06. The van der Waals surface area contributed by atoms with Crippen LogP contribution in [0, 0.1) is 20.8 Å². The lowest BCUT2D eigenvalue weighted by molar-refractivity contribution is -0.111. The van der Waals surface area contributed by atoms with E-state index < -0.39 is 12.5 Å². The van der Waals surface area contributed by atoms with Gasteiger partial charge in [0, 0.05) is 27.1 Å². The Morgan fingerprint density at radius 2 is 1.90 bits per heavy atom. The zero-order chi connectivity index (χ0) is 21.8. The number of hydrogen-bond donors (Lipinski definition) is 1. The van der Waals surface area contributed by atoms with Crippen LogP contribution in [0.5, 0.6) is 5.75 Å². The molecule has 156 valence electrons. The first kappa shape index (κ1) is 22.1. The zero-order valence-electron chi connectivity index (χ0n) is 16.5. The highest BCUT2D eigenvalue weighted by atomic mass is 79.9. The molecule has 0 radical (unpaired) electrons. The van der Waals surface area contributed by atoms with Crippen LogP contribution in [0.2, 0.25) is 0 Å². The number of amides is 1. The molecule has 0 atom stereocenters. The van der Waals surface area contributed by atoms with Gasteiger partial charge in [-0.25, -0.2) is 4.98 Å². The highest BCUT2D eigenvalue weighted by Gasteiger charge is 2.12. The van der Waals surface area contributed by atoms with Crippen LogP contribution in [0.4, 0.5) is 13.9 Å². The number of carbonyl (C=O) groups is 1. The second-order valence-electron chi connectivity index (χ2n) is 6.69. The molecule has 8 heteroatoms. The number of nitrogens with zero attached hydrogens (tertiary/aromatic N) is 1. The Morgan fingerprint density at radius 1 is 1.20 bits per heavy atom. The molecule has 3 aromatic rings. The summed E-state index contributed by atoms with van der Waals surface area (Å²) in [5.41, 5.74) is 5.63. The number of aryl methyl sites for hydroxylation is 3. The molecule has 0 fully saturated rings. The third kappa shape index (κ3) is 5.52. The maximum Gasteiger partial charge on any atom is 0.387 e. The minimum atomic E-state index is -2.95. The van der Waals surface area contributed by atoms with Crippen molar-refractivity contribution < 1.29 is 18.3 Å². The van der Waals surface area contributed by atoms with Gasteiger partial charge in [0.25, 0.3) is 0 Å². The molecule has 4 nitrogen and oxygen atoms in total. The van der Waals surface area contributed by atoms with E-state index in [0.717, 1.165) is 22.4 Å². The molecule has 2 aromatic carbocycles. The minimum absolute atomic E-state index is 0.0147. The summed E-state index contributed by atoms with van der Waals surface area (Å²) >= 11 is 4.60. The van der Waals surface area contributed by atoms with Crippen LogP contribution < -0.4 is 10.1 Å². The second kappa shape index (κ2) is 9.49. The van der Waals surface area contributed by atoms with Gasteiger partial charge >= 0.3 is 6.61 Å². The molecule has 1 amide bonds. The van der Waals surface area contributed by atoms with Crippen molar-refractivity contribution in [2.75, 3.05) is 5.32 Å². The topological polar surface area (TPSA) is 51.2 Å². The first-order valence-electron chi connectivity index (χ1n) is 9.00. The molecule has 1 heterocycles. The van der Waals surface area contributed by atoms with Gasteiger partial charge in [-0.2, -0.15) is 8.78 Å². The molecule has 1 N–H and O–H groups in total. The van der Waals surface area contributed by atoms with E-state index in [9.17, 15) is 13.6 Å². The Morgan fingerprint density at radius 3 is 2.57 bits per heavy atom. The van der Waals surface area contributed by atoms with Crippen LogP contribution in [0.25, 0.3) is 17.3 Å². The second-order valence-corrected chi connectivity index (χ2v) is 8.47. The Hall–Kier alpha value is -2.58. The molecule has 30 heavy (non-hydrogen) atoms. The smallest absolute Gasteiger partial charge is 0.387 e. The van der Waals surface area contributed by atoms with E-state index in [1.807, 2.05) is 26.2 Å². The average Bonchev–Trinajstić information content (AvgIpc) is 3.08. The Labute approximate surface area is 185 Å². The largest absolute Gasteiger partial charge is 0.434 e. The summed E-state index contributed by atoms with van der Waals surface area (Å²) in [6, 6.07) is 8.78. The van der Waals surface area contributed by atoms with E-state index in [4.69, 9.17) is 0 Å². The standard InChI is InChI=1S/C22H19BrF2N2O2S/c1-12-8-13(2)20(14(3)9-12)17-11-30-22(26-17)27-19(28)7-4-15-10-16(23)5-6-18(15)29-21(24)25/h4-11,21H,1-3H3,(H,26,27,28)/b7-4+. The third-order valence-electron chi connectivity index (χ3n) is 4.27. The van der Waals surface area contributed by atoms with Crippen LogP contribution in [-0.4, -0.2) is 17.5 Å². The highest BCUT2D eigenvalue weighted by molar-refractivity contribution is 9.10. The Balaban J connectivity index is 1.75. The molecule has 0 unspecified atom stereocenters. The maximum absolute atomic E-state index is 12.6. The fourth-order valence-electron chi connectivity index (χ4n) is 3.20. The van der Waals surface area contributed by atoms with Crippen LogP contribution in [0.1, 0.15) is 22.3 Å². The molecule has 0 saturated heterocycles. The van der Waals surface area contributed by atoms with Crippen molar-refractivity contribution in [2.45, 2.75) is 27.4 Å². The number of hydrogen-bond acceptors (Lipinski definition) is 4. The van der Waals surface area contributed by atoms with Gasteiger partial charge in [-0.15, -0.1) is 11.3 Å². The predicted octanol–water partition coefficient (Wildman–Crippen LogP) is 6.75. The molecule has 0 aliphatic carbocycles. The molecule has 0 aliphatic rings. The van der Waals surface area contributed by atoms with E-state index >= 15 is 0 Å². The first-order valence-corrected chi connectivity index (χ1v) is 10.7. The van der Waals surface area contributed by atoms with Gasteiger partial charge in [0.15, 0.2) is 5.13 Å².